The molecule has 5 heteroatoms. The average molecular weight is 266 g/mol. The summed E-state index contributed by atoms with van der Waals surface area (Å²) in [6.07, 6.45) is 0. The number of benzene rings is 1. The van der Waals surface area contributed by atoms with E-state index in [4.69, 9.17) is 9.84 Å². The first-order chi connectivity index (χ1) is 8.59. The lowest BCUT2D eigenvalue weighted by molar-refractivity contribution is 0.0699. The van der Waals surface area contributed by atoms with Gasteiger partial charge in [-0.3, -0.25) is 0 Å². The van der Waals surface area contributed by atoms with Gasteiger partial charge in [-0.05, 0) is 30.0 Å². The lowest BCUT2D eigenvalue weighted by Crippen LogP contribution is -2.03. The molecule has 1 aromatic carbocycles. The summed E-state index contributed by atoms with van der Waals surface area (Å²) in [5.41, 5.74) is 1.05. The van der Waals surface area contributed by atoms with Crippen LogP contribution in [0.4, 0.5) is 4.39 Å². The molecule has 2 aromatic rings. The standard InChI is InChI=1S/C13H11FO3S/c1-8-3-2-4-10(11(8)14)17-7-9-5-6-18-12(9)13(15)16/h2-6H,7H2,1H3,(H,15,16). The van der Waals surface area contributed by atoms with Crippen molar-refractivity contribution in [1.29, 1.82) is 0 Å². The molecule has 0 radical (unpaired) electrons. The molecule has 1 aromatic heterocycles. The van der Waals surface area contributed by atoms with Crippen molar-refractivity contribution >= 4 is 17.3 Å². The van der Waals surface area contributed by atoms with Crippen LogP contribution in [0, 0.1) is 12.7 Å². The molecular weight excluding hydrogens is 255 g/mol. The molecule has 0 aliphatic heterocycles. The van der Waals surface area contributed by atoms with Crippen LogP contribution < -0.4 is 4.74 Å². The number of halogens is 1. The van der Waals surface area contributed by atoms with E-state index in [-0.39, 0.29) is 17.2 Å². The van der Waals surface area contributed by atoms with E-state index >= 15 is 0 Å². The molecule has 3 nitrogen and oxygen atoms in total. The fourth-order valence-electron chi connectivity index (χ4n) is 1.52. The molecule has 0 spiro atoms. The Kier molecular flexibility index (Phi) is 3.62. The van der Waals surface area contributed by atoms with Crippen molar-refractivity contribution in [3.63, 3.8) is 0 Å². The molecule has 0 unspecified atom stereocenters. The molecule has 0 fully saturated rings. The summed E-state index contributed by atoms with van der Waals surface area (Å²) in [6, 6.07) is 6.53. The van der Waals surface area contributed by atoms with Crippen molar-refractivity contribution in [2.24, 2.45) is 0 Å². The van der Waals surface area contributed by atoms with Crippen LogP contribution in [-0.2, 0) is 6.61 Å². The third-order valence-electron chi connectivity index (χ3n) is 2.48. The van der Waals surface area contributed by atoms with Gasteiger partial charge < -0.3 is 9.84 Å². The van der Waals surface area contributed by atoms with Crippen LogP contribution in [0.15, 0.2) is 29.6 Å². The topological polar surface area (TPSA) is 46.5 Å². The van der Waals surface area contributed by atoms with Gasteiger partial charge >= 0.3 is 5.97 Å². The number of carbonyl (C=O) groups is 1. The van der Waals surface area contributed by atoms with Gasteiger partial charge in [0.1, 0.15) is 11.5 Å². The van der Waals surface area contributed by atoms with Crippen LogP contribution in [0.2, 0.25) is 0 Å². The maximum atomic E-state index is 13.7. The van der Waals surface area contributed by atoms with Crippen LogP contribution in [0.25, 0.3) is 0 Å². The van der Waals surface area contributed by atoms with Crippen molar-refractivity contribution in [1.82, 2.24) is 0 Å². The highest BCUT2D eigenvalue weighted by Crippen LogP contribution is 2.23. The molecule has 2 rings (SSSR count). The summed E-state index contributed by atoms with van der Waals surface area (Å²) in [6.45, 7) is 1.70. The fourth-order valence-corrected chi connectivity index (χ4v) is 2.27. The molecule has 0 saturated carbocycles. The number of thiophene rings is 1. The molecule has 94 valence electrons. The van der Waals surface area contributed by atoms with Gasteiger partial charge in [-0.2, -0.15) is 0 Å². The normalized spacial score (nSPS) is 10.3. The minimum Gasteiger partial charge on any atom is -0.486 e. The average Bonchev–Trinajstić information content (AvgIpc) is 2.79. The van der Waals surface area contributed by atoms with E-state index < -0.39 is 11.8 Å². The maximum Gasteiger partial charge on any atom is 0.346 e. The van der Waals surface area contributed by atoms with E-state index in [1.165, 1.54) is 6.07 Å². The summed E-state index contributed by atoms with van der Waals surface area (Å²) < 4.78 is 19.0. The molecule has 0 atom stereocenters. The summed E-state index contributed by atoms with van der Waals surface area (Å²) in [7, 11) is 0. The second-order valence-electron chi connectivity index (χ2n) is 3.76. The Balaban J connectivity index is 2.14. The highest BCUT2D eigenvalue weighted by molar-refractivity contribution is 7.12. The van der Waals surface area contributed by atoms with Crippen molar-refractivity contribution in [2.45, 2.75) is 13.5 Å². The molecular formula is C13H11FO3S. The summed E-state index contributed by atoms with van der Waals surface area (Å²) in [5.74, 6) is -1.27. The molecule has 0 saturated heterocycles. The van der Waals surface area contributed by atoms with Gasteiger partial charge in [0.15, 0.2) is 11.6 Å². The fraction of sp³-hybridized carbons (Fsp3) is 0.154. The highest BCUT2D eigenvalue weighted by atomic mass is 32.1. The smallest absolute Gasteiger partial charge is 0.346 e. The number of hydrogen-bond acceptors (Lipinski definition) is 3. The van der Waals surface area contributed by atoms with Crippen molar-refractivity contribution in [3.8, 4) is 5.75 Å². The lowest BCUT2D eigenvalue weighted by atomic mass is 10.2. The van der Waals surface area contributed by atoms with Crippen LogP contribution in [0.5, 0.6) is 5.75 Å². The van der Waals surface area contributed by atoms with Gasteiger partial charge in [0.05, 0.1) is 0 Å². The number of rotatable bonds is 4. The van der Waals surface area contributed by atoms with E-state index in [1.54, 1.807) is 30.5 Å². The molecule has 18 heavy (non-hydrogen) atoms. The third-order valence-corrected chi connectivity index (χ3v) is 3.43. The number of carboxylic acids is 1. The predicted molar refractivity (Wildman–Crippen MR) is 66.7 cm³/mol. The Bertz CT molecular complexity index is 577. The van der Waals surface area contributed by atoms with Gasteiger partial charge in [-0.15, -0.1) is 11.3 Å². The molecule has 1 heterocycles. The van der Waals surface area contributed by atoms with Crippen LogP contribution in [0.3, 0.4) is 0 Å². The zero-order valence-electron chi connectivity index (χ0n) is 9.64. The van der Waals surface area contributed by atoms with Gasteiger partial charge in [-0.25, -0.2) is 9.18 Å². The molecule has 1 N–H and O–H groups in total. The first kappa shape index (κ1) is 12.6. The number of aromatic carboxylic acids is 1. The number of ether oxygens (including phenoxy) is 1. The zero-order chi connectivity index (χ0) is 13.1. The second-order valence-corrected chi connectivity index (χ2v) is 4.67. The van der Waals surface area contributed by atoms with Crippen LogP contribution in [0.1, 0.15) is 20.8 Å². The van der Waals surface area contributed by atoms with Gasteiger partial charge in [-0.1, -0.05) is 12.1 Å². The van der Waals surface area contributed by atoms with E-state index in [9.17, 15) is 9.18 Å². The Morgan fingerprint density at radius 2 is 2.22 bits per heavy atom. The molecule has 0 aliphatic rings. The zero-order valence-corrected chi connectivity index (χ0v) is 10.5. The van der Waals surface area contributed by atoms with Gasteiger partial charge in [0.2, 0.25) is 0 Å². The van der Waals surface area contributed by atoms with Crippen molar-refractivity contribution in [2.75, 3.05) is 0 Å². The van der Waals surface area contributed by atoms with Crippen molar-refractivity contribution < 1.29 is 19.0 Å². The van der Waals surface area contributed by atoms with Gasteiger partial charge in [0.25, 0.3) is 0 Å². The maximum absolute atomic E-state index is 13.7. The minimum absolute atomic E-state index is 0.0471. The van der Waals surface area contributed by atoms with E-state index in [0.29, 0.717) is 11.1 Å². The monoisotopic (exact) mass is 266 g/mol. The SMILES string of the molecule is Cc1cccc(OCc2ccsc2C(=O)O)c1F. The van der Waals surface area contributed by atoms with Crippen molar-refractivity contribution in [3.05, 3.63) is 51.5 Å². The van der Waals surface area contributed by atoms with Gasteiger partial charge in [0, 0.05) is 5.56 Å². The van der Waals surface area contributed by atoms with E-state index in [1.807, 2.05) is 0 Å². The summed E-state index contributed by atoms with van der Waals surface area (Å²) in [4.78, 5) is 11.1. The quantitative estimate of drug-likeness (QED) is 0.921. The molecule has 0 amide bonds. The Hall–Kier alpha value is -1.88. The summed E-state index contributed by atoms with van der Waals surface area (Å²) in [5, 5.41) is 10.6. The first-order valence-corrected chi connectivity index (χ1v) is 6.15. The Morgan fingerprint density at radius 3 is 2.94 bits per heavy atom. The molecule has 0 bridgehead atoms. The number of carboxylic acid groups (broad SMARTS) is 1. The largest absolute Gasteiger partial charge is 0.486 e. The number of aryl methyl sites for hydroxylation is 1. The molecule has 0 aliphatic carbocycles. The number of hydrogen-bond donors (Lipinski definition) is 1. The highest BCUT2D eigenvalue weighted by Gasteiger charge is 2.13. The van der Waals surface area contributed by atoms with Crippen LogP contribution in [-0.4, -0.2) is 11.1 Å². The second kappa shape index (κ2) is 5.18. The van der Waals surface area contributed by atoms with E-state index in [0.717, 1.165) is 11.3 Å². The third kappa shape index (κ3) is 2.51. The predicted octanol–water partition coefficient (Wildman–Crippen LogP) is 3.47. The lowest BCUT2D eigenvalue weighted by Gasteiger charge is -2.08. The van der Waals surface area contributed by atoms with E-state index in [2.05, 4.69) is 0 Å². The Morgan fingerprint density at radius 1 is 1.44 bits per heavy atom. The van der Waals surface area contributed by atoms with Crippen LogP contribution >= 0.6 is 11.3 Å². The summed E-state index contributed by atoms with van der Waals surface area (Å²) >= 11 is 1.13. The Labute approximate surface area is 107 Å². The minimum atomic E-state index is -0.992. The first-order valence-electron chi connectivity index (χ1n) is 5.27.